The molecule has 4 aliphatic carbocycles. The second-order valence-electron chi connectivity index (χ2n) is 12.0. The van der Waals surface area contributed by atoms with Gasteiger partial charge in [-0.3, -0.25) is 0 Å². The summed E-state index contributed by atoms with van der Waals surface area (Å²) in [6.07, 6.45) is 16.0. The molecule has 34 heavy (non-hydrogen) atoms. The average Bonchev–Trinajstić information content (AvgIpc) is 3.67. The summed E-state index contributed by atoms with van der Waals surface area (Å²) in [4.78, 5) is 12.6. The number of carbonyl (C=O) groups excluding carboxylic acids is 1. The molecule has 0 aromatic rings. The molecule has 4 unspecified atom stereocenters. The molecule has 192 valence electrons. The van der Waals surface area contributed by atoms with Gasteiger partial charge in [0.05, 0.1) is 36.6 Å². The zero-order chi connectivity index (χ0) is 23.7. The molecular weight excluding hydrogens is 432 g/mol. The number of ether oxygens (including phenoxy) is 5. The van der Waals surface area contributed by atoms with Crippen LogP contribution in [0, 0.1) is 5.92 Å². The van der Waals surface area contributed by atoms with Crippen LogP contribution in [0.25, 0.3) is 0 Å². The monoisotopic (exact) mass is 476 g/mol. The Kier molecular flexibility index (Phi) is 7.42. The van der Waals surface area contributed by atoms with Crippen LogP contribution in [-0.4, -0.2) is 61.4 Å². The van der Waals surface area contributed by atoms with Crippen molar-refractivity contribution in [3.63, 3.8) is 0 Å². The van der Waals surface area contributed by atoms with Gasteiger partial charge >= 0.3 is 5.97 Å². The summed E-state index contributed by atoms with van der Waals surface area (Å²) in [6.45, 7) is 9.01. The second-order valence-corrected chi connectivity index (χ2v) is 12.0. The van der Waals surface area contributed by atoms with Gasteiger partial charge in [0.2, 0.25) is 0 Å². The summed E-state index contributed by atoms with van der Waals surface area (Å²) >= 11 is 0. The fourth-order valence-electron chi connectivity index (χ4n) is 7.24. The van der Waals surface area contributed by atoms with Gasteiger partial charge in [-0.25, -0.2) is 4.79 Å². The molecule has 4 bridgehead atoms. The smallest absolute Gasteiger partial charge is 0.333 e. The van der Waals surface area contributed by atoms with E-state index in [0.717, 1.165) is 77.8 Å². The third kappa shape index (κ3) is 6.24. The highest BCUT2D eigenvalue weighted by molar-refractivity contribution is 5.87. The van der Waals surface area contributed by atoms with Gasteiger partial charge in [0.25, 0.3) is 0 Å². The Morgan fingerprint density at radius 1 is 0.794 bits per heavy atom. The summed E-state index contributed by atoms with van der Waals surface area (Å²) in [5.74, 6) is 0.227. The topological polar surface area (TPSA) is 69.8 Å². The summed E-state index contributed by atoms with van der Waals surface area (Å²) in [5, 5.41) is 0. The molecular formula is C28H44O6. The molecule has 2 saturated heterocycles. The van der Waals surface area contributed by atoms with Gasteiger partial charge in [0, 0.05) is 38.0 Å². The minimum Gasteiger partial charge on any atom is -0.455 e. The largest absolute Gasteiger partial charge is 0.455 e. The first-order valence-corrected chi connectivity index (χ1v) is 13.8. The third-order valence-electron chi connectivity index (χ3n) is 8.53. The molecule has 4 saturated carbocycles. The summed E-state index contributed by atoms with van der Waals surface area (Å²) in [5.41, 5.74) is -0.447. The van der Waals surface area contributed by atoms with Crippen LogP contribution < -0.4 is 0 Å². The molecule has 6 nitrogen and oxygen atoms in total. The lowest BCUT2D eigenvalue weighted by atomic mass is 9.50. The number of rotatable bonds is 16. The van der Waals surface area contributed by atoms with E-state index < -0.39 is 5.60 Å². The zero-order valence-electron chi connectivity index (χ0n) is 21.1. The Morgan fingerprint density at radius 2 is 1.26 bits per heavy atom. The Balaban J connectivity index is 1.18. The van der Waals surface area contributed by atoms with Crippen molar-refractivity contribution < 1.29 is 28.5 Å². The normalized spacial score (nSPS) is 39.3. The van der Waals surface area contributed by atoms with Crippen LogP contribution in [0.3, 0.4) is 0 Å². The lowest BCUT2D eigenvalue weighted by Gasteiger charge is -2.64. The zero-order valence-corrected chi connectivity index (χ0v) is 21.1. The van der Waals surface area contributed by atoms with E-state index >= 15 is 0 Å². The van der Waals surface area contributed by atoms with E-state index in [0.29, 0.717) is 23.7 Å². The van der Waals surface area contributed by atoms with Gasteiger partial charge in [-0.1, -0.05) is 32.3 Å². The Bertz CT molecular complexity index is 701. The standard InChI is InChI=1S/C28H44O6/c1-21(2)25(29)34-28-15-22-13-26(19-28,32-11-7-3-5-9-23-16-30-23)18-27(14-22,20-28)33-12-8-4-6-10-24-17-31-24/h22-24H,1,3-20H2,2H3. The molecule has 2 aliphatic heterocycles. The van der Waals surface area contributed by atoms with E-state index in [1.165, 1.54) is 38.5 Å². The van der Waals surface area contributed by atoms with E-state index in [1.807, 2.05) is 0 Å². The molecule has 6 rings (SSSR count). The SMILES string of the molecule is C=C(C)C(=O)OC12CC3CC(OCCCCCC4CO4)(CC(OCCCCCC4CO4)(C3)C1)C2. The van der Waals surface area contributed by atoms with Gasteiger partial charge in [-0.2, -0.15) is 0 Å². The fraction of sp³-hybridized carbons (Fsp3) is 0.893. The van der Waals surface area contributed by atoms with Crippen molar-refractivity contribution in [1.29, 1.82) is 0 Å². The number of unbranched alkanes of at least 4 members (excludes halogenated alkanes) is 4. The van der Waals surface area contributed by atoms with Crippen LogP contribution in [0.5, 0.6) is 0 Å². The van der Waals surface area contributed by atoms with Crippen molar-refractivity contribution in [2.75, 3.05) is 26.4 Å². The molecule has 0 aromatic heterocycles. The molecule has 6 fully saturated rings. The van der Waals surface area contributed by atoms with Crippen LogP contribution in [-0.2, 0) is 28.5 Å². The maximum Gasteiger partial charge on any atom is 0.333 e. The van der Waals surface area contributed by atoms with Crippen LogP contribution in [0.15, 0.2) is 12.2 Å². The van der Waals surface area contributed by atoms with Crippen molar-refractivity contribution in [1.82, 2.24) is 0 Å². The Morgan fingerprint density at radius 3 is 1.74 bits per heavy atom. The molecule has 0 amide bonds. The van der Waals surface area contributed by atoms with E-state index in [1.54, 1.807) is 6.92 Å². The highest BCUT2D eigenvalue weighted by atomic mass is 16.6. The van der Waals surface area contributed by atoms with Crippen molar-refractivity contribution in [3.8, 4) is 0 Å². The second kappa shape index (κ2) is 10.2. The van der Waals surface area contributed by atoms with Crippen LogP contribution in [0.1, 0.15) is 96.8 Å². The number of epoxide rings is 2. The molecule has 0 N–H and O–H groups in total. The Labute approximate surface area is 205 Å². The van der Waals surface area contributed by atoms with E-state index in [-0.39, 0.29) is 17.2 Å². The first kappa shape index (κ1) is 24.7. The van der Waals surface area contributed by atoms with Gasteiger partial charge in [-0.05, 0) is 57.8 Å². The molecule has 4 atom stereocenters. The summed E-state index contributed by atoms with van der Waals surface area (Å²) in [6, 6.07) is 0. The highest BCUT2D eigenvalue weighted by Gasteiger charge is 2.66. The van der Waals surface area contributed by atoms with Crippen LogP contribution >= 0.6 is 0 Å². The molecule has 0 spiro atoms. The highest BCUT2D eigenvalue weighted by Crippen LogP contribution is 2.63. The van der Waals surface area contributed by atoms with E-state index in [4.69, 9.17) is 23.7 Å². The minimum absolute atomic E-state index is 0.225. The molecule has 6 aliphatic rings. The van der Waals surface area contributed by atoms with E-state index in [9.17, 15) is 4.79 Å². The maximum absolute atomic E-state index is 12.6. The van der Waals surface area contributed by atoms with Gasteiger partial charge < -0.3 is 23.7 Å². The first-order chi connectivity index (χ1) is 16.4. The first-order valence-electron chi connectivity index (χ1n) is 13.8. The third-order valence-corrected chi connectivity index (χ3v) is 8.53. The molecule has 2 heterocycles. The number of carbonyl (C=O) groups is 1. The van der Waals surface area contributed by atoms with Crippen LogP contribution in [0.2, 0.25) is 0 Å². The van der Waals surface area contributed by atoms with E-state index in [2.05, 4.69) is 6.58 Å². The van der Waals surface area contributed by atoms with Crippen molar-refractivity contribution in [3.05, 3.63) is 12.2 Å². The number of esters is 1. The quantitative estimate of drug-likeness (QED) is 0.131. The van der Waals surface area contributed by atoms with Crippen molar-refractivity contribution in [2.45, 2.75) is 126 Å². The molecule has 0 radical (unpaired) electrons. The minimum atomic E-state index is -0.470. The predicted octanol–water partition coefficient (Wildman–Crippen LogP) is 5.27. The Hall–Kier alpha value is -0.950. The summed E-state index contributed by atoms with van der Waals surface area (Å²) in [7, 11) is 0. The number of hydrogen-bond donors (Lipinski definition) is 0. The fourth-order valence-corrected chi connectivity index (χ4v) is 7.24. The lowest BCUT2D eigenvalue weighted by molar-refractivity contribution is -0.283. The van der Waals surface area contributed by atoms with Crippen LogP contribution in [0.4, 0.5) is 0 Å². The summed E-state index contributed by atoms with van der Waals surface area (Å²) < 4.78 is 30.2. The number of hydrogen-bond acceptors (Lipinski definition) is 6. The van der Waals surface area contributed by atoms with Crippen molar-refractivity contribution >= 4 is 5.97 Å². The molecule has 0 aromatic carbocycles. The maximum atomic E-state index is 12.6. The predicted molar refractivity (Wildman–Crippen MR) is 129 cm³/mol. The average molecular weight is 477 g/mol. The van der Waals surface area contributed by atoms with Gasteiger partial charge in [0.15, 0.2) is 0 Å². The lowest BCUT2D eigenvalue weighted by Crippen LogP contribution is -2.68. The van der Waals surface area contributed by atoms with Gasteiger partial charge in [0.1, 0.15) is 5.60 Å². The van der Waals surface area contributed by atoms with Crippen molar-refractivity contribution in [2.24, 2.45) is 5.92 Å². The molecule has 6 heteroatoms. The van der Waals surface area contributed by atoms with Gasteiger partial charge in [-0.15, -0.1) is 0 Å².